The minimum atomic E-state index is -0.435. The molecule has 0 fully saturated rings. The van der Waals surface area contributed by atoms with E-state index in [1.807, 2.05) is 29.6 Å². The molecule has 9 nitrogen and oxygen atoms in total. The van der Waals surface area contributed by atoms with E-state index in [1.54, 1.807) is 15.9 Å². The van der Waals surface area contributed by atoms with E-state index in [2.05, 4.69) is 30.6 Å². The minimum Gasteiger partial charge on any atom is -0.343 e. The van der Waals surface area contributed by atoms with Crippen molar-refractivity contribution in [2.45, 2.75) is 6.54 Å². The number of thiophene rings is 1. The molecule has 0 aliphatic rings. The Kier molecular flexibility index (Phi) is 3.43. The van der Waals surface area contributed by atoms with Gasteiger partial charge in [0.1, 0.15) is 11.4 Å². The van der Waals surface area contributed by atoms with Crippen molar-refractivity contribution in [3.8, 4) is 10.6 Å². The van der Waals surface area contributed by atoms with Crippen LogP contribution < -0.4 is 11.0 Å². The van der Waals surface area contributed by atoms with Gasteiger partial charge in [-0.2, -0.15) is 9.61 Å². The van der Waals surface area contributed by atoms with Crippen LogP contribution in [0.15, 0.2) is 40.6 Å². The topological polar surface area (TPSA) is 121 Å². The summed E-state index contributed by atoms with van der Waals surface area (Å²) in [4.78, 5) is 28.8. The highest BCUT2D eigenvalue weighted by molar-refractivity contribution is 7.13. The van der Waals surface area contributed by atoms with Crippen molar-refractivity contribution in [2.24, 2.45) is 0 Å². The number of nitrogens with zero attached hydrogens (tertiary/aromatic N) is 4. The largest absolute Gasteiger partial charge is 0.343 e. The van der Waals surface area contributed by atoms with E-state index >= 15 is 0 Å². The Morgan fingerprint density at radius 3 is 2.96 bits per heavy atom. The Balaban J connectivity index is 1.59. The SMILES string of the molecule is O=C(NCc1nnc2ccc(-c3cccs3)nn12)c1c[nH]c(=O)[nH]1. The number of hydrogen-bond acceptors (Lipinski definition) is 6. The number of hydrogen-bond donors (Lipinski definition) is 3. The Morgan fingerprint density at radius 2 is 2.21 bits per heavy atom. The number of carbonyl (C=O) groups is 1. The molecule has 0 unspecified atom stereocenters. The molecule has 0 spiro atoms. The Labute approximate surface area is 138 Å². The van der Waals surface area contributed by atoms with Crippen molar-refractivity contribution in [3.63, 3.8) is 0 Å². The molecule has 0 atom stereocenters. The second kappa shape index (κ2) is 5.74. The van der Waals surface area contributed by atoms with Gasteiger partial charge in [-0.15, -0.1) is 21.5 Å². The molecule has 0 radical (unpaired) electrons. The maximum Gasteiger partial charge on any atom is 0.323 e. The molecule has 4 heterocycles. The van der Waals surface area contributed by atoms with Gasteiger partial charge in [0.15, 0.2) is 11.5 Å². The van der Waals surface area contributed by atoms with Crippen molar-refractivity contribution in [1.82, 2.24) is 35.1 Å². The van der Waals surface area contributed by atoms with Gasteiger partial charge in [-0.3, -0.25) is 4.79 Å². The maximum atomic E-state index is 12.0. The smallest absolute Gasteiger partial charge is 0.323 e. The number of rotatable bonds is 4. The highest BCUT2D eigenvalue weighted by atomic mass is 32.1. The van der Waals surface area contributed by atoms with Crippen molar-refractivity contribution in [3.05, 3.63) is 57.8 Å². The van der Waals surface area contributed by atoms with E-state index in [0.29, 0.717) is 11.5 Å². The van der Waals surface area contributed by atoms with Gasteiger partial charge in [0.05, 0.1) is 11.4 Å². The van der Waals surface area contributed by atoms with Crippen LogP contribution in [0.25, 0.3) is 16.2 Å². The number of carbonyl (C=O) groups excluding carboxylic acids is 1. The number of amides is 1. The van der Waals surface area contributed by atoms with Crippen molar-refractivity contribution in [1.29, 1.82) is 0 Å². The quantitative estimate of drug-likeness (QED) is 0.507. The fourth-order valence-electron chi connectivity index (χ4n) is 2.21. The summed E-state index contributed by atoms with van der Waals surface area (Å²) >= 11 is 1.59. The van der Waals surface area contributed by atoms with E-state index in [-0.39, 0.29) is 12.2 Å². The summed E-state index contributed by atoms with van der Waals surface area (Å²) in [7, 11) is 0. The number of fused-ring (bicyclic) bond motifs is 1. The molecule has 24 heavy (non-hydrogen) atoms. The van der Waals surface area contributed by atoms with Gasteiger partial charge >= 0.3 is 5.69 Å². The maximum absolute atomic E-state index is 12.0. The zero-order chi connectivity index (χ0) is 16.5. The summed E-state index contributed by atoms with van der Waals surface area (Å²) in [5.74, 6) is 0.0779. The summed E-state index contributed by atoms with van der Waals surface area (Å²) in [6.07, 6.45) is 1.31. The number of H-pyrrole nitrogens is 2. The van der Waals surface area contributed by atoms with Crippen LogP contribution in [0.5, 0.6) is 0 Å². The molecule has 4 rings (SSSR count). The highest BCUT2D eigenvalue weighted by Crippen LogP contribution is 2.22. The predicted octanol–water partition coefficient (Wildman–Crippen LogP) is 0.799. The van der Waals surface area contributed by atoms with Gasteiger partial charge in [-0.05, 0) is 23.6 Å². The molecule has 0 aromatic carbocycles. The van der Waals surface area contributed by atoms with Crippen molar-refractivity contribution in [2.75, 3.05) is 0 Å². The van der Waals surface area contributed by atoms with Gasteiger partial charge < -0.3 is 15.3 Å². The first kappa shape index (κ1) is 14.3. The number of nitrogens with one attached hydrogen (secondary N) is 3. The van der Waals surface area contributed by atoms with Gasteiger partial charge in [-0.25, -0.2) is 4.79 Å². The molecule has 4 aromatic heterocycles. The molecule has 0 aliphatic carbocycles. The molecular weight excluding hydrogens is 330 g/mol. The summed E-state index contributed by atoms with van der Waals surface area (Å²) in [6.45, 7) is 0.133. The van der Waals surface area contributed by atoms with Gasteiger partial charge in [0.2, 0.25) is 0 Å². The van der Waals surface area contributed by atoms with E-state index in [1.165, 1.54) is 6.20 Å². The van der Waals surface area contributed by atoms with E-state index in [4.69, 9.17) is 0 Å². The average Bonchev–Trinajstić information content (AvgIpc) is 3.33. The predicted molar refractivity (Wildman–Crippen MR) is 86.7 cm³/mol. The molecule has 3 N–H and O–H groups in total. The van der Waals surface area contributed by atoms with Crippen molar-refractivity contribution >= 4 is 22.9 Å². The highest BCUT2D eigenvalue weighted by Gasteiger charge is 2.12. The minimum absolute atomic E-state index is 0.133. The van der Waals surface area contributed by atoms with Crippen LogP contribution in [0.2, 0.25) is 0 Å². The second-order valence-corrected chi connectivity index (χ2v) is 5.87. The van der Waals surface area contributed by atoms with Crippen molar-refractivity contribution < 1.29 is 4.79 Å². The molecule has 0 bridgehead atoms. The fraction of sp³-hybridized carbons (Fsp3) is 0.0714. The second-order valence-electron chi connectivity index (χ2n) is 4.92. The monoisotopic (exact) mass is 341 g/mol. The third kappa shape index (κ3) is 2.58. The first-order chi connectivity index (χ1) is 11.7. The summed E-state index contributed by atoms with van der Waals surface area (Å²) in [6, 6.07) is 7.64. The lowest BCUT2D eigenvalue weighted by atomic mass is 10.3. The third-order valence-electron chi connectivity index (χ3n) is 3.35. The molecule has 1 amide bonds. The summed E-state index contributed by atoms with van der Waals surface area (Å²) < 4.78 is 1.59. The first-order valence-electron chi connectivity index (χ1n) is 7.02. The van der Waals surface area contributed by atoms with Gasteiger partial charge in [0.25, 0.3) is 5.91 Å². The van der Waals surface area contributed by atoms with Crippen LogP contribution in [-0.2, 0) is 6.54 Å². The lowest BCUT2D eigenvalue weighted by Gasteiger charge is -2.03. The van der Waals surface area contributed by atoms with Crippen LogP contribution in [-0.4, -0.2) is 35.7 Å². The molecular formula is C14H11N7O2S. The van der Waals surface area contributed by atoms with Crippen LogP contribution in [0.4, 0.5) is 0 Å². The number of imidazole rings is 1. The molecule has 120 valence electrons. The lowest BCUT2D eigenvalue weighted by molar-refractivity contribution is 0.0945. The van der Waals surface area contributed by atoms with E-state index < -0.39 is 11.6 Å². The van der Waals surface area contributed by atoms with Crippen LogP contribution >= 0.6 is 11.3 Å². The van der Waals surface area contributed by atoms with Gasteiger partial charge in [-0.1, -0.05) is 6.07 Å². The Bertz CT molecular complexity index is 1060. The number of aromatic nitrogens is 6. The standard InChI is InChI=1S/C14H11N7O2S/c22-13(9-6-16-14(23)17-9)15-7-12-19-18-11-4-3-8(20-21(11)12)10-2-1-5-24-10/h1-6H,7H2,(H,15,22)(H2,16,17,23). The van der Waals surface area contributed by atoms with E-state index in [9.17, 15) is 9.59 Å². The zero-order valence-corrected chi connectivity index (χ0v) is 13.0. The fourth-order valence-corrected chi connectivity index (χ4v) is 2.90. The normalized spacial score (nSPS) is 11.0. The molecule has 4 aromatic rings. The lowest BCUT2D eigenvalue weighted by Crippen LogP contribution is -2.25. The third-order valence-corrected chi connectivity index (χ3v) is 4.24. The van der Waals surface area contributed by atoms with Gasteiger partial charge in [0, 0.05) is 6.20 Å². The Hall–Kier alpha value is -3.27. The first-order valence-corrected chi connectivity index (χ1v) is 7.90. The van der Waals surface area contributed by atoms with Crippen LogP contribution in [0.1, 0.15) is 16.3 Å². The van der Waals surface area contributed by atoms with E-state index in [0.717, 1.165) is 10.6 Å². The molecule has 10 heteroatoms. The molecule has 0 saturated heterocycles. The average molecular weight is 341 g/mol. The van der Waals surface area contributed by atoms with Crippen LogP contribution in [0, 0.1) is 0 Å². The molecule has 0 aliphatic heterocycles. The zero-order valence-electron chi connectivity index (χ0n) is 12.2. The Morgan fingerprint density at radius 1 is 1.29 bits per heavy atom. The summed E-state index contributed by atoms with van der Waals surface area (Å²) in [5.41, 5.74) is 1.12. The number of aromatic amines is 2. The summed E-state index contributed by atoms with van der Waals surface area (Å²) in [5, 5.41) is 17.3. The van der Waals surface area contributed by atoms with Crippen LogP contribution in [0.3, 0.4) is 0 Å². The molecule has 0 saturated carbocycles.